The van der Waals surface area contributed by atoms with Crippen LogP contribution in [0.2, 0.25) is 0 Å². The van der Waals surface area contributed by atoms with Crippen LogP contribution in [0.5, 0.6) is 0 Å². The maximum atomic E-state index is 12.9. The van der Waals surface area contributed by atoms with E-state index in [0.29, 0.717) is 24.2 Å². The zero-order chi connectivity index (χ0) is 14.4. The lowest BCUT2D eigenvalue weighted by atomic mass is 9.92. The van der Waals surface area contributed by atoms with E-state index in [1.54, 1.807) is 0 Å². The molecule has 0 aromatic rings. The highest BCUT2D eigenvalue weighted by atomic mass is 16.2. The number of nitrogens with one attached hydrogen (secondary N) is 1. The Labute approximate surface area is 121 Å². The molecule has 1 saturated heterocycles. The molecule has 4 heteroatoms. The van der Waals surface area contributed by atoms with E-state index in [9.17, 15) is 9.59 Å². The molecule has 0 bridgehead atoms. The fraction of sp³-hybridized carbons (Fsp3) is 0.875. The van der Waals surface area contributed by atoms with Crippen LogP contribution in [0.4, 0.5) is 0 Å². The number of carbonyl (C=O) groups is 2. The first-order chi connectivity index (χ1) is 9.54. The van der Waals surface area contributed by atoms with E-state index < -0.39 is 0 Å². The lowest BCUT2D eigenvalue weighted by Gasteiger charge is -2.44. The Kier molecular flexibility index (Phi) is 3.51. The molecule has 1 N–H and O–H groups in total. The predicted octanol–water partition coefficient (Wildman–Crippen LogP) is 1.94. The van der Waals surface area contributed by atoms with Gasteiger partial charge in [-0.05, 0) is 49.9 Å². The molecule has 5 atom stereocenters. The molecule has 0 aromatic carbocycles. The summed E-state index contributed by atoms with van der Waals surface area (Å²) in [4.78, 5) is 27.2. The van der Waals surface area contributed by atoms with Crippen LogP contribution in [-0.2, 0) is 9.59 Å². The van der Waals surface area contributed by atoms with Crippen LogP contribution in [-0.4, -0.2) is 34.8 Å². The SMILES string of the molecule is CCC1C(=O)NC(C2CC2)C(=O)N1C1CCC(C)C1C. The van der Waals surface area contributed by atoms with Crippen molar-refractivity contribution in [1.29, 1.82) is 0 Å². The van der Waals surface area contributed by atoms with E-state index in [0.717, 1.165) is 19.3 Å². The van der Waals surface area contributed by atoms with Gasteiger partial charge in [-0.2, -0.15) is 0 Å². The summed E-state index contributed by atoms with van der Waals surface area (Å²) < 4.78 is 0. The van der Waals surface area contributed by atoms with Crippen LogP contribution in [0.1, 0.15) is 52.9 Å². The summed E-state index contributed by atoms with van der Waals surface area (Å²) in [5, 5.41) is 2.98. The van der Waals surface area contributed by atoms with Crippen molar-refractivity contribution < 1.29 is 9.59 Å². The Bertz CT molecular complexity index is 419. The minimum absolute atomic E-state index is 0.0655. The highest BCUT2D eigenvalue weighted by Gasteiger charge is 2.50. The molecule has 5 unspecified atom stereocenters. The largest absolute Gasteiger partial charge is 0.342 e. The molecule has 3 aliphatic rings. The van der Waals surface area contributed by atoms with Gasteiger partial charge in [-0.25, -0.2) is 0 Å². The van der Waals surface area contributed by atoms with Crippen molar-refractivity contribution in [3.63, 3.8) is 0 Å². The van der Waals surface area contributed by atoms with E-state index in [1.807, 2.05) is 11.8 Å². The summed E-state index contributed by atoms with van der Waals surface area (Å²) in [6.07, 6.45) is 5.10. The van der Waals surface area contributed by atoms with Gasteiger partial charge >= 0.3 is 0 Å². The summed E-state index contributed by atoms with van der Waals surface area (Å²) in [6, 6.07) is -0.238. The van der Waals surface area contributed by atoms with Gasteiger partial charge in [0.25, 0.3) is 0 Å². The van der Waals surface area contributed by atoms with Gasteiger partial charge in [-0.15, -0.1) is 0 Å². The van der Waals surface area contributed by atoms with Gasteiger partial charge in [0.05, 0.1) is 0 Å². The van der Waals surface area contributed by atoms with Crippen molar-refractivity contribution >= 4 is 11.8 Å². The van der Waals surface area contributed by atoms with Crippen molar-refractivity contribution in [2.24, 2.45) is 17.8 Å². The lowest BCUT2D eigenvalue weighted by Crippen LogP contribution is -2.66. The highest BCUT2D eigenvalue weighted by molar-refractivity contribution is 5.97. The Morgan fingerprint density at radius 3 is 2.35 bits per heavy atom. The van der Waals surface area contributed by atoms with E-state index in [1.165, 1.54) is 6.42 Å². The van der Waals surface area contributed by atoms with Gasteiger partial charge in [0.15, 0.2) is 0 Å². The second-order valence-corrected chi connectivity index (χ2v) is 6.97. The smallest absolute Gasteiger partial charge is 0.246 e. The van der Waals surface area contributed by atoms with Crippen LogP contribution >= 0.6 is 0 Å². The third-order valence-electron chi connectivity index (χ3n) is 5.72. The fourth-order valence-electron chi connectivity index (χ4n) is 4.01. The number of rotatable bonds is 3. The van der Waals surface area contributed by atoms with Crippen molar-refractivity contribution in [2.75, 3.05) is 0 Å². The summed E-state index contributed by atoms with van der Waals surface area (Å²) in [6.45, 7) is 6.50. The number of amides is 2. The van der Waals surface area contributed by atoms with Crippen LogP contribution in [0.3, 0.4) is 0 Å². The van der Waals surface area contributed by atoms with Crippen molar-refractivity contribution in [3.05, 3.63) is 0 Å². The monoisotopic (exact) mass is 278 g/mol. The standard InChI is InChI=1S/C16H26N2O2/c1-4-12-15(19)17-14(11-6-7-11)16(20)18(12)13-8-5-9(2)10(13)3/h9-14H,4-8H2,1-3H3,(H,17,19). The highest BCUT2D eigenvalue weighted by Crippen LogP contribution is 2.40. The molecule has 20 heavy (non-hydrogen) atoms. The molecular formula is C16H26N2O2. The van der Waals surface area contributed by atoms with E-state index in [4.69, 9.17) is 0 Å². The second-order valence-electron chi connectivity index (χ2n) is 6.97. The third-order valence-corrected chi connectivity index (χ3v) is 5.72. The van der Waals surface area contributed by atoms with Gasteiger partial charge < -0.3 is 10.2 Å². The van der Waals surface area contributed by atoms with E-state index in [2.05, 4.69) is 19.2 Å². The van der Waals surface area contributed by atoms with Gasteiger partial charge in [0.1, 0.15) is 12.1 Å². The molecule has 112 valence electrons. The molecule has 3 fully saturated rings. The summed E-state index contributed by atoms with van der Waals surface area (Å²) in [7, 11) is 0. The molecule has 2 amide bonds. The molecule has 3 rings (SSSR count). The number of piperazine rings is 1. The quantitative estimate of drug-likeness (QED) is 0.857. The van der Waals surface area contributed by atoms with Crippen LogP contribution in [0.15, 0.2) is 0 Å². The van der Waals surface area contributed by atoms with Gasteiger partial charge in [-0.3, -0.25) is 9.59 Å². The van der Waals surface area contributed by atoms with Gasteiger partial charge in [0.2, 0.25) is 11.8 Å². The predicted molar refractivity (Wildman–Crippen MR) is 76.9 cm³/mol. The molecule has 0 aromatic heterocycles. The minimum Gasteiger partial charge on any atom is -0.342 e. The molecule has 2 saturated carbocycles. The zero-order valence-electron chi connectivity index (χ0n) is 12.8. The van der Waals surface area contributed by atoms with Crippen LogP contribution < -0.4 is 5.32 Å². The topological polar surface area (TPSA) is 49.4 Å². The number of nitrogens with zero attached hydrogens (tertiary/aromatic N) is 1. The number of hydrogen-bond donors (Lipinski definition) is 1. The van der Waals surface area contributed by atoms with Crippen LogP contribution in [0.25, 0.3) is 0 Å². The first-order valence-electron chi connectivity index (χ1n) is 8.17. The first-order valence-corrected chi connectivity index (χ1v) is 8.17. The number of hydrogen-bond acceptors (Lipinski definition) is 2. The lowest BCUT2D eigenvalue weighted by molar-refractivity contribution is -0.154. The van der Waals surface area contributed by atoms with Gasteiger partial charge in [-0.1, -0.05) is 20.8 Å². The Morgan fingerprint density at radius 1 is 1.15 bits per heavy atom. The van der Waals surface area contributed by atoms with E-state index in [-0.39, 0.29) is 29.9 Å². The molecule has 0 radical (unpaired) electrons. The average Bonchev–Trinajstić information content (AvgIpc) is 3.21. The van der Waals surface area contributed by atoms with Crippen molar-refractivity contribution in [1.82, 2.24) is 10.2 Å². The molecule has 1 aliphatic heterocycles. The number of carbonyl (C=O) groups excluding carboxylic acids is 2. The Balaban J connectivity index is 1.86. The van der Waals surface area contributed by atoms with Crippen molar-refractivity contribution in [2.45, 2.75) is 71.0 Å². The normalized spacial score (nSPS) is 42.0. The maximum absolute atomic E-state index is 12.9. The summed E-state index contributed by atoms with van der Waals surface area (Å²) >= 11 is 0. The van der Waals surface area contributed by atoms with E-state index >= 15 is 0 Å². The first kappa shape index (κ1) is 13.9. The Morgan fingerprint density at radius 2 is 1.85 bits per heavy atom. The molecule has 0 spiro atoms. The molecule has 2 aliphatic carbocycles. The molecule has 4 nitrogen and oxygen atoms in total. The molecular weight excluding hydrogens is 252 g/mol. The maximum Gasteiger partial charge on any atom is 0.246 e. The van der Waals surface area contributed by atoms with Crippen LogP contribution in [0, 0.1) is 17.8 Å². The molecule has 1 heterocycles. The fourth-order valence-corrected chi connectivity index (χ4v) is 4.01. The zero-order valence-corrected chi connectivity index (χ0v) is 12.8. The second kappa shape index (κ2) is 5.05. The average molecular weight is 278 g/mol. The van der Waals surface area contributed by atoms with Gasteiger partial charge in [0, 0.05) is 6.04 Å². The Hall–Kier alpha value is -1.06. The summed E-state index contributed by atoms with van der Waals surface area (Å²) in [5.41, 5.74) is 0. The third kappa shape index (κ3) is 2.13. The minimum atomic E-state index is -0.254. The van der Waals surface area contributed by atoms with Crippen molar-refractivity contribution in [3.8, 4) is 0 Å². The summed E-state index contributed by atoms with van der Waals surface area (Å²) in [5.74, 6) is 1.79.